The summed E-state index contributed by atoms with van der Waals surface area (Å²) in [6.45, 7) is 0.602. The Balaban J connectivity index is 1.38. The lowest BCUT2D eigenvalue weighted by Gasteiger charge is -2.13. The summed E-state index contributed by atoms with van der Waals surface area (Å²) in [6.07, 6.45) is 2.18. The third kappa shape index (κ3) is 5.12. The number of aromatic nitrogens is 4. The Labute approximate surface area is 201 Å². The SMILES string of the molecule is O=C(O)[C@H](Cc1c[nH]c2ccccc12)NCc1nn(Cc2ccc(F)cc2)nc1-c1ccccc1. The maximum absolute atomic E-state index is 13.3. The van der Waals surface area contributed by atoms with Gasteiger partial charge in [-0.25, -0.2) is 4.39 Å². The number of H-pyrrole nitrogens is 1. The molecule has 0 aliphatic heterocycles. The Morgan fingerprint density at radius 2 is 1.74 bits per heavy atom. The van der Waals surface area contributed by atoms with E-state index in [1.807, 2.05) is 60.8 Å². The van der Waals surface area contributed by atoms with Crippen molar-refractivity contribution in [3.63, 3.8) is 0 Å². The number of fused-ring (bicyclic) bond motifs is 1. The second-order valence-corrected chi connectivity index (χ2v) is 8.35. The van der Waals surface area contributed by atoms with Gasteiger partial charge in [0, 0.05) is 35.6 Å². The highest BCUT2D eigenvalue weighted by atomic mass is 19.1. The molecule has 0 aliphatic carbocycles. The minimum Gasteiger partial charge on any atom is -0.480 e. The highest BCUT2D eigenvalue weighted by molar-refractivity contribution is 5.84. The lowest BCUT2D eigenvalue weighted by Crippen LogP contribution is -2.38. The van der Waals surface area contributed by atoms with Crippen LogP contribution in [-0.2, 0) is 24.3 Å². The number of carboxylic acids is 1. The zero-order chi connectivity index (χ0) is 24.2. The van der Waals surface area contributed by atoms with Gasteiger partial charge in [-0.3, -0.25) is 10.1 Å². The van der Waals surface area contributed by atoms with E-state index in [0.717, 1.165) is 27.6 Å². The molecule has 0 aliphatic rings. The number of para-hydroxylation sites is 1. The largest absolute Gasteiger partial charge is 0.480 e. The fourth-order valence-corrected chi connectivity index (χ4v) is 4.13. The lowest BCUT2D eigenvalue weighted by molar-refractivity contribution is -0.139. The second kappa shape index (κ2) is 9.90. The highest BCUT2D eigenvalue weighted by Crippen LogP contribution is 2.22. The normalized spacial score (nSPS) is 12.1. The highest BCUT2D eigenvalue weighted by Gasteiger charge is 2.21. The predicted octanol–water partition coefficient (Wildman–Crippen LogP) is 4.40. The monoisotopic (exact) mass is 469 g/mol. The number of nitrogens with one attached hydrogen (secondary N) is 2. The molecule has 35 heavy (non-hydrogen) atoms. The second-order valence-electron chi connectivity index (χ2n) is 8.35. The van der Waals surface area contributed by atoms with Gasteiger partial charge in [0.15, 0.2) is 0 Å². The minimum absolute atomic E-state index is 0.229. The summed E-state index contributed by atoms with van der Waals surface area (Å²) >= 11 is 0. The predicted molar refractivity (Wildman–Crippen MR) is 131 cm³/mol. The lowest BCUT2D eigenvalue weighted by atomic mass is 10.0. The summed E-state index contributed by atoms with van der Waals surface area (Å²) in [5.41, 5.74) is 4.98. The van der Waals surface area contributed by atoms with Gasteiger partial charge in [-0.15, -0.1) is 0 Å². The molecule has 0 amide bonds. The molecule has 176 valence electrons. The third-order valence-corrected chi connectivity index (χ3v) is 5.92. The standard InChI is InChI=1S/C27H24FN5O2/c28-21-12-10-18(11-13-21)17-33-31-25(26(32-33)19-6-2-1-3-7-19)16-30-24(27(34)35)14-20-15-29-23-9-5-4-8-22(20)23/h1-13,15,24,29-30H,14,16-17H2,(H,34,35)/t24-/m0/s1. The molecule has 0 unspecified atom stereocenters. The van der Waals surface area contributed by atoms with Crippen molar-refractivity contribution in [1.82, 2.24) is 25.3 Å². The van der Waals surface area contributed by atoms with Gasteiger partial charge in [-0.2, -0.15) is 15.0 Å². The van der Waals surface area contributed by atoms with Crippen molar-refractivity contribution in [1.29, 1.82) is 0 Å². The van der Waals surface area contributed by atoms with Crippen LogP contribution in [0.15, 0.2) is 85.1 Å². The topological polar surface area (TPSA) is 95.8 Å². The number of hydrogen-bond acceptors (Lipinski definition) is 4. The summed E-state index contributed by atoms with van der Waals surface area (Å²) in [5.74, 6) is -1.23. The van der Waals surface area contributed by atoms with E-state index in [1.165, 1.54) is 12.1 Å². The Hall–Kier alpha value is -4.30. The van der Waals surface area contributed by atoms with E-state index < -0.39 is 12.0 Å². The zero-order valence-corrected chi connectivity index (χ0v) is 18.9. The number of nitrogens with zero attached hydrogens (tertiary/aromatic N) is 3. The molecule has 1 atom stereocenters. The van der Waals surface area contributed by atoms with E-state index in [1.54, 1.807) is 16.9 Å². The maximum Gasteiger partial charge on any atom is 0.321 e. The number of aliphatic carboxylic acids is 1. The van der Waals surface area contributed by atoms with Gasteiger partial charge in [0.05, 0.1) is 6.54 Å². The van der Waals surface area contributed by atoms with Gasteiger partial charge in [-0.1, -0.05) is 60.7 Å². The van der Waals surface area contributed by atoms with Crippen molar-refractivity contribution in [3.8, 4) is 11.3 Å². The number of carboxylic acid groups (broad SMARTS) is 1. The fraction of sp³-hybridized carbons (Fsp3) is 0.148. The number of benzene rings is 3. The molecule has 5 aromatic rings. The van der Waals surface area contributed by atoms with Crippen LogP contribution < -0.4 is 5.32 Å². The van der Waals surface area contributed by atoms with Crippen molar-refractivity contribution in [2.24, 2.45) is 0 Å². The number of rotatable bonds is 9. The number of carbonyl (C=O) groups is 1. The summed E-state index contributed by atoms with van der Waals surface area (Å²) < 4.78 is 13.3. The van der Waals surface area contributed by atoms with E-state index in [0.29, 0.717) is 24.4 Å². The quantitative estimate of drug-likeness (QED) is 0.297. The molecule has 0 saturated heterocycles. The Bertz CT molecular complexity index is 1440. The summed E-state index contributed by atoms with van der Waals surface area (Å²) in [5, 5.41) is 23.3. The van der Waals surface area contributed by atoms with E-state index in [2.05, 4.69) is 20.5 Å². The third-order valence-electron chi connectivity index (χ3n) is 5.92. The van der Waals surface area contributed by atoms with Crippen LogP contribution in [0.5, 0.6) is 0 Å². The van der Waals surface area contributed by atoms with Crippen molar-refractivity contribution >= 4 is 16.9 Å². The van der Waals surface area contributed by atoms with Crippen LogP contribution in [0.1, 0.15) is 16.8 Å². The first-order chi connectivity index (χ1) is 17.1. The van der Waals surface area contributed by atoms with Crippen molar-refractivity contribution in [2.75, 3.05) is 0 Å². The number of aromatic amines is 1. The van der Waals surface area contributed by atoms with E-state index in [4.69, 9.17) is 0 Å². The average molecular weight is 470 g/mol. The van der Waals surface area contributed by atoms with E-state index >= 15 is 0 Å². The molecule has 3 N–H and O–H groups in total. The van der Waals surface area contributed by atoms with Crippen molar-refractivity contribution in [2.45, 2.75) is 25.6 Å². The molecule has 7 nitrogen and oxygen atoms in total. The molecule has 0 radical (unpaired) electrons. The molecule has 5 rings (SSSR count). The van der Waals surface area contributed by atoms with Crippen molar-refractivity contribution in [3.05, 3.63) is 108 Å². The van der Waals surface area contributed by atoms with Gasteiger partial charge in [0.1, 0.15) is 23.2 Å². The van der Waals surface area contributed by atoms with Crippen LogP contribution in [-0.4, -0.2) is 37.1 Å². The maximum atomic E-state index is 13.3. The molecule has 3 aromatic carbocycles. The Morgan fingerprint density at radius 1 is 1.00 bits per heavy atom. The first kappa shape index (κ1) is 22.5. The number of hydrogen-bond donors (Lipinski definition) is 3. The summed E-state index contributed by atoms with van der Waals surface area (Å²) in [4.78, 5) is 16.8. The van der Waals surface area contributed by atoms with Crippen LogP contribution in [0.4, 0.5) is 4.39 Å². The fourth-order valence-electron chi connectivity index (χ4n) is 4.13. The summed E-state index contributed by atoms with van der Waals surface area (Å²) in [6, 6.07) is 22.9. The van der Waals surface area contributed by atoms with E-state index in [-0.39, 0.29) is 12.4 Å². The molecule has 2 heterocycles. The molecule has 0 fully saturated rings. The van der Waals surface area contributed by atoms with Gasteiger partial charge in [0.25, 0.3) is 0 Å². The first-order valence-electron chi connectivity index (χ1n) is 11.3. The molecule has 8 heteroatoms. The van der Waals surface area contributed by atoms with Crippen LogP contribution in [0, 0.1) is 5.82 Å². The minimum atomic E-state index is -0.935. The van der Waals surface area contributed by atoms with Crippen LogP contribution in [0.25, 0.3) is 22.2 Å². The van der Waals surface area contributed by atoms with E-state index in [9.17, 15) is 14.3 Å². The van der Waals surface area contributed by atoms with Crippen LogP contribution in [0.3, 0.4) is 0 Å². The average Bonchev–Trinajstić information content (AvgIpc) is 3.47. The molecular weight excluding hydrogens is 445 g/mol. The molecular formula is C27H24FN5O2. The van der Waals surface area contributed by atoms with Gasteiger partial charge < -0.3 is 10.1 Å². The molecule has 0 spiro atoms. The van der Waals surface area contributed by atoms with Gasteiger partial charge >= 0.3 is 5.97 Å². The van der Waals surface area contributed by atoms with Crippen LogP contribution >= 0.6 is 0 Å². The Kier molecular flexibility index (Phi) is 6.36. The molecule has 0 saturated carbocycles. The first-order valence-corrected chi connectivity index (χ1v) is 11.3. The van der Waals surface area contributed by atoms with Crippen LogP contribution in [0.2, 0.25) is 0 Å². The smallest absolute Gasteiger partial charge is 0.321 e. The summed E-state index contributed by atoms with van der Waals surface area (Å²) in [7, 11) is 0. The molecule has 2 aromatic heterocycles. The van der Waals surface area contributed by atoms with Gasteiger partial charge in [0.2, 0.25) is 0 Å². The van der Waals surface area contributed by atoms with Crippen molar-refractivity contribution < 1.29 is 14.3 Å². The van der Waals surface area contributed by atoms with Gasteiger partial charge in [-0.05, 0) is 29.3 Å². The zero-order valence-electron chi connectivity index (χ0n) is 18.9. The molecule has 0 bridgehead atoms. The Morgan fingerprint density at radius 3 is 2.51 bits per heavy atom. The number of halogens is 1.